The fourth-order valence-corrected chi connectivity index (χ4v) is 2.43. The molecule has 0 aliphatic rings. The molecule has 2 rings (SSSR count). The highest BCUT2D eigenvalue weighted by atomic mass is 79.9. The first-order chi connectivity index (χ1) is 8.29. The van der Waals surface area contributed by atoms with Crippen molar-refractivity contribution < 1.29 is 13.2 Å². The number of aromatic nitrogens is 2. The first kappa shape index (κ1) is 13.4. The van der Waals surface area contributed by atoms with Crippen molar-refractivity contribution in [2.75, 3.05) is 0 Å². The maximum absolute atomic E-state index is 12.7. The Bertz CT molecular complexity index is 642. The minimum atomic E-state index is -4.38. The summed E-state index contributed by atoms with van der Waals surface area (Å²) in [7, 11) is 0. The molecule has 1 aromatic heterocycles. The minimum Gasteiger partial charge on any atom is -0.337 e. The number of nitrogens with one attached hydrogen (secondary N) is 1. The van der Waals surface area contributed by atoms with Gasteiger partial charge in [-0.25, -0.2) is 0 Å². The Hall–Kier alpha value is -1.08. The maximum atomic E-state index is 12.7. The number of halogens is 4. The highest BCUT2D eigenvalue weighted by Crippen LogP contribution is 2.33. The Morgan fingerprint density at radius 2 is 1.94 bits per heavy atom. The van der Waals surface area contributed by atoms with E-state index in [1.807, 2.05) is 0 Å². The Kier molecular flexibility index (Phi) is 3.37. The summed E-state index contributed by atoms with van der Waals surface area (Å²) in [5, 5.41) is 0. The number of benzene rings is 1. The number of imidazole rings is 1. The zero-order valence-electron chi connectivity index (χ0n) is 9.18. The first-order valence-electron chi connectivity index (χ1n) is 4.94. The van der Waals surface area contributed by atoms with E-state index in [-0.39, 0.29) is 0 Å². The summed E-state index contributed by atoms with van der Waals surface area (Å²) in [4.78, 5) is 2.79. The smallest absolute Gasteiger partial charge is 0.337 e. The lowest BCUT2D eigenvalue weighted by molar-refractivity contribution is -0.137. The summed E-state index contributed by atoms with van der Waals surface area (Å²) in [6.45, 7) is 1.76. The van der Waals surface area contributed by atoms with E-state index in [9.17, 15) is 13.2 Å². The van der Waals surface area contributed by atoms with Gasteiger partial charge in [0.15, 0.2) is 4.77 Å². The van der Waals surface area contributed by atoms with Crippen molar-refractivity contribution in [1.82, 2.24) is 9.55 Å². The number of H-pyrrole nitrogens is 1. The van der Waals surface area contributed by atoms with E-state index in [0.29, 0.717) is 14.9 Å². The van der Waals surface area contributed by atoms with Gasteiger partial charge in [-0.05, 0) is 37.3 Å². The molecule has 1 heterocycles. The molecule has 0 fully saturated rings. The van der Waals surface area contributed by atoms with Gasteiger partial charge in [0.05, 0.1) is 5.56 Å². The van der Waals surface area contributed by atoms with Gasteiger partial charge in [-0.1, -0.05) is 15.9 Å². The highest BCUT2D eigenvalue weighted by Gasteiger charge is 2.31. The monoisotopic (exact) mass is 336 g/mol. The first-order valence-corrected chi connectivity index (χ1v) is 6.14. The van der Waals surface area contributed by atoms with E-state index >= 15 is 0 Å². The van der Waals surface area contributed by atoms with Crippen LogP contribution in [0.1, 0.15) is 11.3 Å². The van der Waals surface area contributed by atoms with Crippen LogP contribution in [-0.4, -0.2) is 9.55 Å². The average molecular weight is 337 g/mol. The van der Waals surface area contributed by atoms with E-state index in [4.69, 9.17) is 12.2 Å². The second-order valence-corrected chi connectivity index (χ2v) is 5.07. The lowest BCUT2D eigenvalue weighted by Crippen LogP contribution is -2.07. The van der Waals surface area contributed by atoms with Crippen LogP contribution in [0.5, 0.6) is 0 Å². The van der Waals surface area contributed by atoms with Gasteiger partial charge in [0.25, 0.3) is 0 Å². The van der Waals surface area contributed by atoms with Crippen molar-refractivity contribution in [1.29, 1.82) is 0 Å². The molecule has 96 valence electrons. The molecule has 0 aliphatic heterocycles. The molecule has 0 radical (unpaired) electrons. The van der Waals surface area contributed by atoms with Gasteiger partial charge in [0, 0.05) is 22.1 Å². The van der Waals surface area contributed by atoms with E-state index in [2.05, 4.69) is 20.9 Å². The van der Waals surface area contributed by atoms with Gasteiger partial charge in [-0.15, -0.1) is 0 Å². The van der Waals surface area contributed by atoms with Crippen molar-refractivity contribution >= 4 is 28.1 Å². The van der Waals surface area contributed by atoms with Gasteiger partial charge in [-0.2, -0.15) is 13.2 Å². The summed E-state index contributed by atoms with van der Waals surface area (Å²) in [6, 6.07) is 3.70. The second kappa shape index (κ2) is 4.55. The van der Waals surface area contributed by atoms with Gasteiger partial charge >= 0.3 is 6.18 Å². The van der Waals surface area contributed by atoms with Crippen LogP contribution in [0.25, 0.3) is 5.69 Å². The van der Waals surface area contributed by atoms with Crippen LogP contribution < -0.4 is 0 Å². The van der Waals surface area contributed by atoms with Crippen molar-refractivity contribution in [2.24, 2.45) is 0 Å². The van der Waals surface area contributed by atoms with Crippen LogP contribution in [0.15, 0.2) is 28.9 Å². The number of aryl methyl sites for hydroxylation is 1. The number of hydrogen-bond acceptors (Lipinski definition) is 1. The zero-order chi connectivity index (χ0) is 13.5. The molecule has 1 aromatic carbocycles. The van der Waals surface area contributed by atoms with Gasteiger partial charge in [-0.3, -0.25) is 4.57 Å². The standard InChI is InChI=1S/C11H8BrF3N2S/c1-6-5-16-10(18)17(6)9-3-7(11(13,14)15)2-8(12)4-9/h2-5H,1H3,(H,16,18). The Morgan fingerprint density at radius 3 is 2.44 bits per heavy atom. The Balaban J connectivity index is 2.67. The van der Waals surface area contributed by atoms with Crippen molar-refractivity contribution in [3.05, 3.63) is 44.9 Å². The predicted octanol–water partition coefficient (Wildman–Crippen LogP) is 4.62. The molecule has 0 bridgehead atoms. The molecule has 0 saturated heterocycles. The van der Waals surface area contributed by atoms with E-state index in [1.54, 1.807) is 23.8 Å². The van der Waals surface area contributed by atoms with E-state index in [0.717, 1.165) is 17.8 Å². The molecule has 7 heteroatoms. The number of alkyl halides is 3. The molecule has 0 spiro atoms. The fourth-order valence-electron chi connectivity index (χ4n) is 1.64. The number of rotatable bonds is 1. The maximum Gasteiger partial charge on any atom is 0.416 e. The molecule has 0 unspecified atom stereocenters. The number of aromatic amines is 1. The SMILES string of the molecule is Cc1c[nH]c(=S)n1-c1cc(Br)cc(C(F)(F)F)c1. The highest BCUT2D eigenvalue weighted by molar-refractivity contribution is 9.10. The van der Waals surface area contributed by atoms with Gasteiger partial charge in [0.2, 0.25) is 0 Å². The normalized spacial score (nSPS) is 11.8. The predicted molar refractivity (Wildman–Crippen MR) is 68.4 cm³/mol. The molecule has 2 nitrogen and oxygen atoms in total. The van der Waals surface area contributed by atoms with Crippen LogP contribution >= 0.6 is 28.1 Å². The second-order valence-electron chi connectivity index (χ2n) is 3.77. The van der Waals surface area contributed by atoms with Crippen molar-refractivity contribution in [3.63, 3.8) is 0 Å². The van der Waals surface area contributed by atoms with Crippen molar-refractivity contribution in [2.45, 2.75) is 13.1 Å². The average Bonchev–Trinajstić information content (AvgIpc) is 2.56. The lowest BCUT2D eigenvalue weighted by Gasteiger charge is -2.11. The van der Waals surface area contributed by atoms with Crippen molar-refractivity contribution in [3.8, 4) is 5.69 Å². The van der Waals surface area contributed by atoms with Crippen LogP contribution in [0, 0.1) is 11.7 Å². The fraction of sp³-hybridized carbons (Fsp3) is 0.182. The summed E-state index contributed by atoms with van der Waals surface area (Å²) in [5.74, 6) is 0. The van der Waals surface area contributed by atoms with Crippen LogP contribution in [0.2, 0.25) is 0 Å². The number of hydrogen-bond donors (Lipinski definition) is 1. The van der Waals surface area contributed by atoms with Crippen LogP contribution in [0.4, 0.5) is 13.2 Å². The Morgan fingerprint density at radius 1 is 1.28 bits per heavy atom. The topological polar surface area (TPSA) is 20.7 Å². The largest absolute Gasteiger partial charge is 0.416 e. The molecular formula is C11H8BrF3N2S. The molecule has 0 aliphatic carbocycles. The van der Waals surface area contributed by atoms with Crippen LogP contribution in [-0.2, 0) is 6.18 Å². The Labute approximate surface area is 115 Å². The molecular weight excluding hydrogens is 329 g/mol. The van der Waals surface area contributed by atoms with Gasteiger partial charge < -0.3 is 4.98 Å². The molecule has 1 N–H and O–H groups in total. The third-order valence-corrected chi connectivity index (χ3v) is 3.19. The molecule has 0 atom stereocenters. The number of nitrogens with zero attached hydrogens (tertiary/aromatic N) is 1. The summed E-state index contributed by atoms with van der Waals surface area (Å²) in [6.07, 6.45) is -2.73. The molecule has 0 amide bonds. The molecule has 2 aromatic rings. The third kappa shape index (κ3) is 2.51. The summed E-state index contributed by atoms with van der Waals surface area (Å²) in [5.41, 5.74) is 0.404. The zero-order valence-corrected chi connectivity index (χ0v) is 11.6. The summed E-state index contributed by atoms with van der Waals surface area (Å²) >= 11 is 8.13. The lowest BCUT2D eigenvalue weighted by atomic mass is 10.2. The minimum absolute atomic E-state index is 0.356. The van der Waals surface area contributed by atoms with Crippen LogP contribution in [0.3, 0.4) is 0 Å². The summed E-state index contributed by atoms with van der Waals surface area (Å²) < 4.78 is 40.4. The molecule has 18 heavy (non-hydrogen) atoms. The van der Waals surface area contributed by atoms with Gasteiger partial charge in [0.1, 0.15) is 0 Å². The van der Waals surface area contributed by atoms with E-state index in [1.165, 1.54) is 0 Å². The molecule has 0 saturated carbocycles. The third-order valence-electron chi connectivity index (χ3n) is 2.43. The van der Waals surface area contributed by atoms with E-state index < -0.39 is 11.7 Å². The quantitative estimate of drug-likeness (QED) is 0.753.